The molecule has 1 saturated carbocycles. The van der Waals surface area contributed by atoms with E-state index in [1.54, 1.807) is 4.57 Å². The Morgan fingerprint density at radius 3 is 2.63 bits per heavy atom. The van der Waals surface area contributed by atoms with E-state index in [2.05, 4.69) is 31.0 Å². The summed E-state index contributed by atoms with van der Waals surface area (Å²) >= 11 is 0. The zero-order valence-electron chi connectivity index (χ0n) is 15.7. The summed E-state index contributed by atoms with van der Waals surface area (Å²) in [5, 5.41) is 25.7. The fourth-order valence-electron chi connectivity index (χ4n) is 3.56. The Kier molecular flexibility index (Phi) is 5.50. The van der Waals surface area contributed by atoms with Gasteiger partial charge in [-0.05, 0) is 24.5 Å². The highest BCUT2D eigenvalue weighted by atomic mass is 32.2. The lowest BCUT2D eigenvalue weighted by molar-refractivity contribution is -0.000990. The molecule has 3 aromatic rings. The number of hydrogen-bond donors (Lipinski definition) is 3. The van der Waals surface area contributed by atoms with Gasteiger partial charge in [-0.2, -0.15) is 8.42 Å². The molecule has 1 aromatic carbocycles. The van der Waals surface area contributed by atoms with Gasteiger partial charge in [0, 0.05) is 11.5 Å². The van der Waals surface area contributed by atoms with Crippen LogP contribution in [0.25, 0.3) is 11.2 Å². The molecule has 1 aliphatic rings. The second kappa shape index (κ2) is 8.10. The highest BCUT2D eigenvalue weighted by Crippen LogP contribution is 2.37. The number of rotatable bonds is 4. The number of nitrogens with two attached hydrogens (primary N) is 1. The standard InChI is InChI=1S/C19H19N5O5S/c20-30(27,28)29-9-13-8-15(18(26)17(13)25)24-11-23-16-14(21-10-22-19(16)24)7-6-12-4-2-1-3-5-12/h1-5,10-11,13,15,17-18,25-26H,8-9H2,(H2,20,27,28)/t13-,15-,17-,18+/m1/s1. The summed E-state index contributed by atoms with van der Waals surface area (Å²) in [6, 6.07) is 8.85. The van der Waals surface area contributed by atoms with Gasteiger partial charge in [0.05, 0.1) is 25.1 Å². The lowest BCUT2D eigenvalue weighted by Gasteiger charge is -2.18. The van der Waals surface area contributed by atoms with Crippen LogP contribution in [0.3, 0.4) is 0 Å². The number of aliphatic hydroxyl groups excluding tert-OH is 2. The Bertz CT molecular complexity index is 1220. The molecular formula is C19H19N5O5S. The fourth-order valence-corrected chi connectivity index (χ4v) is 3.93. The average molecular weight is 429 g/mol. The smallest absolute Gasteiger partial charge is 0.333 e. The van der Waals surface area contributed by atoms with E-state index in [-0.39, 0.29) is 13.0 Å². The van der Waals surface area contributed by atoms with E-state index in [9.17, 15) is 18.6 Å². The van der Waals surface area contributed by atoms with Gasteiger partial charge >= 0.3 is 10.3 Å². The van der Waals surface area contributed by atoms with Crippen molar-refractivity contribution in [2.75, 3.05) is 6.61 Å². The maximum absolute atomic E-state index is 11.0. The van der Waals surface area contributed by atoms with Crippen molar-refractivity contribution < 1.29 is 22.8 Å². The summed E-state index contributed by atoms with van der Waals surface area (Å²) in [5.74, 6) is 5.38. The average Bonchev–Trinajstić information content (AvgIpc) is 3.27. The minimum atomic E-state index is -4.14. The van der Waals surface area contributed by atoms with Gasteiger partial charge in [-0.3, -0.25) is 4.18 Å². The Labute approximate surface area is 172 Å². The van der Waals surface area contributed by atoms with Crippen molar-refractivity contribution in [1.82, 2.24) is 19.5 Å². The van der Waals surface area contributed by atoms with Crippen LogP contribution < -0.4 is 5.14 Å². The number of imidazole rings is 1. The second-order valence-corrected chi connectivity index (χ2v) is 8.21. The van der Waals surface area contributed by atoms with Gasteiger partial charge in [0.25, 0.3) is 0 Å². The lowest BCUT2D eigenvalue weighted by atomic mass is 10.1. The minimum Gasteiger partial charge on any atom is -0.390 e. The van der Waals surface area contributed by atoms with Gasteiger partial charge < -0.3 is 14.8 Å². The first-order chi connectivity index (χ1) is 14.3. The number of aliphatic hydroxyl groups is 2. The number of aromatic nitrogens is 4. The molecule has 0 saturated heterocycles. The Hall–Kier alpha value is -2.88. The van der Waals surface area contributed by atoms with Gasteiger partial charge in [0.2, 0.25) is 0 Å². The molecule has 10 nitrogen and oxygen atoms in total. The van der Waals surface area contributed by atoms with Crippen LogP contribution in [0.5, 0.6) is 0 Å². The molecule has 30 heavy (non-hydrogen) atoms. The zero-order chi connectivity index (χ0) is 21.3. The molecule has 0 radical (unpaired) electrons. The van der Waals surface area contributed by atoms with E-state index in [1.165, 1.54) is 12.7 Å². The Morgan fingerprint density at radius 2 is 1.90 bits per heavy atom. The van der Waals surface area contributed by atoms with Crippen LogP contribution in [0.4, 0.5) is 0 Å². The van der Waals surface area contributed by atoms with E-state index >= 15 is 0 Å². The van der Waals surface area contributed by atoms with Crippen LogP contribution in [0, 0.1) is 17.8 Å². The number of nitrogens with zero attached hydrogens (tertiary/aromatic N) is 4. The molecule has 4 rings (SSSR count). The SMILES string of the molecule is NS(=O)(=O)OC[C@H]1C[C@@H](n2cnc3c(C#Cc4ccccc4)ncnc32)[C@H](O)[C@@H]1O. The third-order valence-electron chi connectivity index (χ3n) is 5.03. The first-order valence-electron chi connectivity index (χ1n) is 9.11. The molecule has 2 aromatic heterocycles. The van der Waals surface area contributed by atoms with E-state index in [1.807, 2.05) is 30.3 Å². The molecule has 2 heterocycles. The third kappa shape index (κ3) is 4.18. The van der Waals surface area contributed by atoms with E-state index < -0.39 is 34.5 Å². The minimum absolute atomic E-state index is 0.248. The summed E-state index contributed by atoms with van der Waals surface area (Å²) in [5.41, 5.74) is 2.18. The van der Waals surface area contributed by atoms with Crippen molar-refractivity contribution in [1.29, 1.82) is 0 Å². The number of hydrogen-bond acceptors (Lipinski definition) is 8. The second-order valence-electron chi connectivity index (χ2n) is 6.98. The monoisotopic (exact) mass is 429 g/mol. The summed E-state index contributed by atoms with van der Waals surface area (Å²) in [6.45, 7) is -0.330. The predicted molar refractivity (Wildman–Crippen MR) is 106 cm³/mol. The Morgan fingerprint density at radius 1 is 1.13 bits per heavy atom. The van der Waals surface area contributed by atoms with E-state index in [0.717, 1.165) is 5.56 Å². The molecular weight excluding hydrogens is 410 g/mol. The molecule has 156 valence electrons. The van der Waals surface area contributed by atoms with Crippen LogP contribution in [-0.2, 0) is 14.5 Å². The van der Waals surface area contributed by atoms with Crippen molar-refractivity contribution in [3.63, 3.8) is 0 Å². The molecule has 0 bridgehead atoms. The molecule has 1 fully saturated rings. The van der Waals surface area contributed by atoms with Crippen LogP contribution in [0.15, 0.2) is 43.0 Å². The summed E-state index contributed by atoms with van der Waals surface area (Å²) in [6.07, 6.45) is 0.753. The highest BCUT2D eigenvalue weighted by molar-refractivity contribution is 7.84. The largest absolute Gasteiger partial charge is 0.390 e. The van der Waals surface area contributed by atoms with Crippen molar-refractivity contribution in [3.8, 4) is 11.8 Å². The quantitative estimate of drug-likeness (QED) is 0.479. The van der Waals surface area contributed by atoms with Gasteiger partial charge in [0.1, 0.15) is 23.6 Å². The van der Waals surface area contributed by atoms with Crippen molar-refractivity contribution in [2.45, 2.75) is 24.7 Å². The number of fused-ring (bicyclic) bond motifs is 1. The topological polar surface area (TPSA) is 153 Å². The fraction of sp³-hybridized carbons (Fsp3) is 0.316. The summed E-state index contributed by atoms with van der Waals surface area (Å²) in [4.78, 5) is 12.8. The third-order valence-corrected chi connectivity index (χ3v) is 5.50. The first kappa shape index (κ1) is 20.4. The number of benzene rings is 1. The maximum atomic E-state index is 11.0. The van der Waals surface area contributed by atoms with E-state index in [4.69, 9.17) is 5.14 Å². The first-order valence-corrected chi connectivity index (χ1v) is 10.6. The van der Waals surface area contributed by atoms with Gasteiger partial charge in [-0.15, -0.1) is 0 Å². The maximum Gasteiger partial charge on any atom is 0.333 e. The van der Waals surface area contributed by atoms with Crippen LogP contribution in [0.1, 0.15) is 23.7 Å². The van der Waals surface area contributed by atoms with Crippen molar-refractivity contribution in [3.05, 3.63) is 54.2 Å². The zero-order valence-corrected chi connectivity index (χ0v) is 16.5. The molecule has 4 N–H and O–H groups in total. The summed E-state index contributed by atoms with van der Waals surface area (Å²) in [7, 11) is -4.14. The molecule has 0 amide bonds. The van der Waals surface area contributed by atoms with Gasteiger partial charge in [-0.25, -0.2) is 20.1 Å². The Balaban J connectivity index is 1.62. The van der Waals surface area contributed by atoms with Gasteiger partial charge in [-0.1, -0.05) is 24.1 Å². The van der Waals surface area contributed by atoms with E-state index in [0.29, 0.717) is 16.9 Å². The molecule has 0 aliphatic heterocycles. The summed E-state index contributed by atoms with van der Waals surface area (Å²) < 4.78 is 28.3. The predicted octanol–water partition coefficient (Wildman–Crippen LogP) is -0.271. The van der Waals surface area contributed by atoms with Gasteiger partial charge in [0.15, 0.2) is 5.65 Å². The molecule has 0 unspecified atom stereocenters. The normalized spacial score (nSPS) is 24.0. The lowest BCUT2D eigenvalue weighted by Crippen LogP contribution is -2.31. The van der Waals surface area contributed by atoms with Crippen LogP contribution in [-0.4, -0.2) is 57.0 Å². The molecule has 0 spiro atoms. The van der Waals surface area contributed by atoms with Crippen molar-refractivity contribution >= 4 is 21.5 Å². The highest BCUT2D eigenvalue weighted by Gasteiger charge is 2.43. The molecule has 4 atom stereocenters. The molecule has 11 heteroatoms. The molecule has 1 aliphatic carbocycles. The van der Waals surface area contributed by atoms with Crippen molar-refractivity contribution in [2.24, 2.45) is 11.1 Å². The van der Waals surface area contributed by atoms with Crippen LogP contribution in [0.2, 0.25) is 0 Å². The van der Waals surface area contributed by atoms with Crippen LogP contribution >= 0.6 is 0 Å².